The zero-order chi connectivity index (χ0) is 7.11. The van der Waals surface area contributed by atoms with Crippen LogP contribution >= 0.6 is 21.3 Å². The molecule has 51 valence electrons. The smallest absolute Gasteiger partial charge is 0.292 e. The normalized spacial score (nSPS) is 9.22. The fraction of sp³-hybridized carbons (Fsp3) is 0.667. The lowest BCUT2D eigenvalue weighted by Gasteiger charge is -1.94. The summed E-state index contributed by atoms with van der Waals surface area (Å²) < 4.78 is 8.19. The van der Waals surface area contributed by atoms with E-state index in [1.165, 1.54) is 27.4 Å². The third-order valence-electron chi connectivity index (χ3n) is 0.426. The van der Waals surface area contributed by atoms with Gasteiger partial charge in [0.05, 0.1) is 18.2 Å². The van der Waals surface area contributed by atoms with Gasteiger partial charge in [-0.3, -0.25) is 0 Å². The predicted molar refractivity (Wildman–Crippen MR) is 41.9 cm³/mol. The molecular weight excluding hydrogens is 174 g/mol. The lowest BCUT2D eigenvalue weighted by molar-refractivity contribution is 0.498. The van der Waals surface area contributed by atoms with Crippen LogP contribution in [0.2, 0.25) is 6.55 Å². The molecule has 6 heteroatoms. The van der Waals surface area contributed by atoms with Crippen molar-refractivity contribution in [1.29, 1.82) is 0 Å². The maximum absolute atomic E-state index is 9.65. The van der Waals surface area contributed by atoms with Gasteiger partial charge in [0.25, 0.3) is 8.11 Å². The molecule has 0 amide bonds. The molecule has 1 radical (unpaired) electrons. The Balaban J connectivity index is 3.26. The molecule has 0 aliphatic carbocycles. The van der Waals surface area contributed by atoms with E-state index < -0.39 is 8.11 Å². The zero-order valence-corrected chi connectivity index (χ0v) is 7.71. The molecule has 0 atom stereocenters. The van der Waals surface area contributed by atoms with Crippen LogP contribution in [0, 0.1) is 0 Å². The Morgan fingerprint density at radius 2 is 2.44 bits per heavy atom. The number of hydrogen-bond acceptors (Lipinski definition) is 5. The van der Waals surface area contributed by atoms with E-state index in [0.717, 1.165) is 0 Å². The Morgan fingerprint density at radius 1 is 1.78 bits per heavy atom. The first-order chi connectivity index (χ1) is 4.31. The first kappa shape index (κ1) is 9.26. The SMILES string of the molecule is COSS[Si](C)N=C=O. The summed E-state index contributed by atoms with van der Waals surface area (Å²) in [6.07, 6.45) is 1.51. The van der Waals surface area contributed by atoms with Crippen molar-refractivity contribution in [2.45, 2.75) is 6.55 Å². The van der Waals surface area contributed by atoms with Crippen molar-refractivity contribution in [3.63, 3.8) is 0 Å². The van der Waals surface area contributed by atoms with Gasteiger partial charge in [-0.25, -0.2) is 9.45 Å². The quantitative estimate of drug-likeness (QED) is 0.215. The van der Waals surface area contributed by atoms with Crippen molar-refractivity contribution in [2.75, 3.05) is 7.11 Å². The predicted octanol–water partition coefficient (Wildman–Crippen LogP) is 1.38. The van der Waals surface area contributed by atoms with E-state index >= 15 is 0 Å². The van der Waals surface area contributed by atoms with Crippen LogP contribution in [-0.2, 0) is 8.98 Å². The monoisotopic (exact) mass is 180 g/mol. The maximum Gasteiger partial charge on any atom is 0.292 e. The van der Waals surface area contributed by atoms with Gasteiger partial charge in [0, 0.05) is 0 Å². The van der Waals surface area contributed by atoms with Gasteiger partial charge in [-0.2, -0.15) is 0 Å². The second-order valence-corrected chi connectivity index (χ2v) is 7.12. The Kier molecular flexibility index (Phi) is 6.56. The van der Waals surface area contributed by atoms with Gasteiger partial charge in [0.2, 0.25) is 6.08 Å². The lowest BCUT2D eigenvalue weighted by Crippen LogP contribution is -1.92. The van der Waals surface area contributed by atoms with E-state index in [2.05, 4.69) is 8.84 Å². The van der Waals surface area contributed by atoms with E-state index in [1.54, 1.807) is 7.11 Å². The van der Waals surface area contributed by atoms with Crippen molar-refractivity contribution in [3.05, 3.63) is 0 Å². The van der Waals surface area contributed by atoms with Gasteiger partial charge in [-0.05, 0) is 6.55 Å². The molecule has 9 heavy (non-hydrogen) atoms. The van der Waals surface area contributed by atoms with Gasteiger partial charge in [-0.1, -0.05) is 10.2 Å². The topological polar surface area (TPSA) is 38.7 Å². The van der Waals surface area contributed by atoms with E-state index in [1.807, 2.05) is 6.55 Å². The molecule has 0 aromatic rings. The number of carbonyl (C=O) groups excluding carboxylic acids is 1. The van der Waals surface area contributed by atoms with E-state index in [0.29, 0.717) is 0 Å². The Labute approximate surface area is 63.2 Å². The maximum atomic E-state index is 9.65. The molecule has 0 fully saturated rings. The van der Waals surface area contributed by atoms with Gasteiger partial charge < -0.3 is 4.18 Å². The molecule has 0 aromatic carbocycles. The summed E-state index contributed by atoms with van der Waals surface area (Å²) in [5.74, 6) is 0. The molecule has 3 nitrogen and oxygen atoms in total. The summed E-state index contributed by atoms with van der Waals surface area (Å²) in [7, 11) is 2.10. The minimum absolute atomic E-state index is 0.947. The van der Waals surface area contributed by atoms with E-state index in [-0.39, 0.29) is 0 Å². The highest BCUT2D eigenvalue weighted by Gasteiger charge is 2.02. The molecule has 0 aliphatic heterocycles. The van der Waals surface area contributed by atoms with Crippen LogP contribution in [0.5, 0.6) is 0 Å². The van der Waals surface area contributed by atoms with Crippen molar-refractivity contribution in [3.8, 4) is 0 Å². The fourth-order valence-corrected chi connectivity index (χ4v) is 3.06. The van der Waals surface area contributed by atoms with Crippen LogP contribution < -0.4 is 0 Å². The molecule has 0 aliphatic rings. The number of rotatable bonds is 4. The minimum Gasteiger partial charge on any atom is -0.309 e. The van der Waals surface area contributed by atoms with Gasteiger partial charge in [-0.15, -0.1) is 0 Å². The Hall–Kier alpha value is 0.257. The first-order valence-corrected chi connectivity index (χ1v) is 6.84. The van der Waals surface area contributed by atoms with E-state index in [9.17, 15) is 4.79 Å². The standard InChI is InChI=1S/C3H6NO2S2Si/c1-6-7-8-9(2)4-3-5/h1-2H3. The van der Waals surface area contributed by atoms with Gasteiger partial charge >= 0.3 is 0 Å². The fourth-order valence-electron chi connectivity index (χ4n) is 0.166. The molecule has 0 unspecified atom stereocenters. The van der Waals surface area contributed by atoms with Gasteiger partial charge in [0.15, 0.2) is 0 Å². The average Bonchev–Trinajstić information content (AvgIpc) is 1.85. The molecule has 0 saturated carbocycles. The molecule has 0 N–H and O–H groups in total. The Morgan fingerprint density at radius 3 is 2.89 bits per heavy atom. The van der Waals surface area contributed by atoms with Crippen molar-refractivity contribution < 1.29 is 8.98 Å². The highest BCUT2D eigenvalue weighted by atomic mass is 33.2. The summed E-state index contributed by atoms with van der Waals surface area (Å²) in [6, 6.07) is 0. The van der Waals surface area contributed by atoms with Crippen molar-refractivity contribution >= 4 is 35.5 Å². The Bertz CT molecular complexity index is 116. The molecular formula is C3H6NO2S2Si. The third kappa shape index (κ3) is 6.14. The van der Waals surface area contributed by atoms with E-state index in [4.69, 9.17) is 0 Å². The van der Waals surface area contributed by atoms with Crippen LogP contribution in [0.15, 0.2) is 4.66 Å². The number of isocyanates is 1. The summed E-state index contributed by atoms with van der Waals surface area (Å²) in [5, 5.41) is 0. The molecule has 0 heterocycles. The average molecular weight is 180 g/mol. The molecule has 0 spiro atoms. The van der Waals surface area contributed by atoms with Crippen LogP contribution in [0.3, 0.4) is 0 Å². The van der Waals surface area contributed by atoms with Gasteiger partial charge in [0.1, 0.15) is 0 Å². The third-order valence-corrected chi connectivity index (χ3v) is 5.67. The van der Waals surface area contributed by atoms with Crippen molar-refractivity contribution in [1.82, 2.24) is 0 Å². The minimum atomic E-state index is -0.947. The molecule has 0 rings (SSSR count). The van der Waals surface area contributed by atoms with Crippen LogP contribution in [-0.4, -0.2) is 21.3 Å². The lowest BCUT2D eigenvalue weighted by atomic mass is 11.7. The van der Waals surface area contributed by atoms with Crippen LogP contribution in [0.4, 0.5) is 0 Å². The van der Waals surface area contributed by atoms with Crippen LogP contribution in [0.1, 0.15) is 0 Å². The summed E-state index contributed by atoms with van der Waals surface area (Å²) in [4.78, 5) is 9.65. The van der Waals surface area contributed by atoms with Crippen molar-refractivity contribution in [2.24, 2.45) is 4.66 Å². The summed E-state index contributed by atoms with van der Waals surface area (Å²) >= 11 is 1.25. The zero-order valence-electron chi connectivity index (χ0n) is 5.08. The second kappa shape index (κ2) is 6.38. The summed E-state index contributed by atoms with van der Waals surface area (Å²) in [6.45, 7) is 1.90. The first-order valence-electron chi connectivity index (χ1n) is 2.10. The second-order valence-electron chi connectivity index (χ2n) is 1.04. The molecule has 0 saturated heterocycles. The summed E-state index contributed by atoms with van der Waals surface area (Å²) in [5.41, 5.74) is 0. The largest absolute Gasteiger partial charge is 0.309 e. The molecule has 0 aromatic heterocycles. The highest BCUT2D eigenvalue weighted by Crippen LogP contribution is 2.24. The van der Waals surface area contributed by atoms with Crippen LogP contribution in [0.25, 0.3) is 0 Å². The highest BCUT2D eigenvalue weighted by molar-refractivity contribution is 8.84. The number of hydrogen-bond donors (Lipinski definition) is 0. The molecule has 0 bridgehead atoms. The number of nitrogens with zero attached hydrogens (tertiary/aromatic N) is 1.